The van der Waals surface area contributed by atoms with Gasteiger partial charge in [0.25, 0.3) is 0 Å². The highest BCUT2D eigenvalue weighted by Crippen LogP contribution is 2.20. The number of hydrogen-bond donors (Lipinski definition) is 3. The van der Waals surface area contributed by atoms with Crippen molar-refractivity contribution >= 4 is 23.8 Å². The highest BCUT2D eigenvalue weighted by molar-refractivity contribution is 5.89. The normalized spacial score (nSPS) is 17.0. The van der Waals surface area contributed by atoms with E-state index in [4.69, 9.17) is 4.74 Å². The Hall–Kier alpha value is -2.32. The smallest absolute Gasteiger partial charge is 0.408 e. The fourth-order valence-corrected chi connectivity index (χ4v) is 2.61. The molecule has 4 amide bonds. The van der Waals surface area contributed by atoms with Crippen molar-refractivity contribution in [2.24, 2.45) is 5.92 Å². The molecule has 0 aromatic carbocycles. The summed E-state index contributed by atoms with van der Waals surface area (Å²) in [4.78, 5) is 48.7. The van der Waals surface area contributed by atoms with Crippen molar-refractivity contribution in [2.45, 2.75) is 59.1 Å². The molecule has 0 radical (unpaired) electrons. The molecule has 1 heterocycles. The lowest BCUT2D eigenvalue weighted by Crippen LogP contribution is -2.40. The summed E-state index contributed by atoms with van der Waals surface area (Å²) in [5.41, 5.74) is -0.616. The van der Waals surface area contributed by atoms with Crippen LogP contribution in [0.3, 0.4) is 0 Å². The van der Waals surface area contributed by atoms with Gasteiger partial charge in [0.2, 0.25) is 17.7 Å². The second-order valence-electron chi connectivity index (χ2n) is 7.89. The Kier molecular flexibility index (Phi) is 8.52. The summed E-state index contributed by atoms with van der Waals surface area (Å²) in [7, 11) is 0. The van der Waals surface area contributed by atoms with Gasteiger partial charge in [0.05, 0.1) is 12.5 Å². The molecule has 1 saturated heterocycles. The summed E-state index contributed by atoms with van der Waals surface area (Å²) in [5, 5.41) is 7.82. The average molecular weight is 384 g/mol. The molecule has 27 heavy (non-hydrogen) atoms. The summed E-state index contributed by atoms with van der Waals surface area (Å²) in [6.07, 6.45) is 0.154. The SMILES string of the molecule is CC(C)N1CC(C(=O)NCCCNC(=O)CNC(=O)OC(C)(C)C)CC1=O. The number of carbonyl (C=O) groups is 4. The molecule has 1 aliphatic rings. The largest absolute Gasteiger partial charge is 0.444 e. The fraction of sp³-hybridized carbons (Fsp3) is 0.778. The molecular weight excluding hydrogens is 352 g/mol. The van der Waals surface area contributed by atoms with Crippen molar-refractivity contribution in [1.82, 2.24) is 20.9 Å². The van der Waals surface area contributed by atoms with E-state index in [-0.39, 0.29) is 42.6 Å². The maximum atomic E-state index is 12.1. The van der Waals surface area contributed by atoms with Gasteiger partial charge in [-0.25, -0.2) is 4.79 Å². The van der Waals surface area contributed by atoms with Gasteiger partial charge in [0, 0.05) is 32.1 Å². The van der Waals surface area contributed by atoms with E-state index in [1.165, 1.54) is 0 Å². The Balaban J connectivity index is 2.13. The van der Waals surface area contributed by atoms with Crippen LogP contribution in [0.4, 0.5) is 4.79 Å². The molecule has 0 aromatic rings. The second kappa shape index (κ2) is 10.1. The van der Waals surface area contributed by atoms with Crippen LogP contribution < -0.4 is 16.0 Å². The molecule has 1 atom stereocenters. The minimum Gasteiger partial charge on any atom is -0.444 e. The Morgan fingerprint density at radius 2 is 1.78 bits per heavy atom. The number of amides is 4. The number of likely N-dealkylation sites (tertiary alicyclic amines) is 1. The first kappa shape index (κ1) is 22.7. The van der Waals surface area contributed by atoms with Gasteiger partial charge < -0.3 is 25.6 Å². The van der Waals surface area contributed by atoms with Crippen molar-refractivity contribution in [3.63, 3.8) is 0 Å². The van der Waals surface area contributed by atoms with Crippen LogP contribution in [0.5, 0.6) is 0 Å². The number of rotatable bonds is 8. The molecule has 0 saturated carbocycles. The van der Waals surface area contributed by atoms with Gasteiger partial charge in [-0.15, -0.1) is 0 Å². The molecular formula is C18H32N4O5. The quantitative estimate of drug-likeness (QED) is 0.524. The molecule has 3 N–H and O–H groups in total. The summed E-state index contributed by atoms with van der Waals surface area (Å²) < 4.78 is 5.03. The van der Waals surface area contributed by atoms with Crippen molar-refractivity contribution in [2.75, 3.05) is 26.2 Å². The minimum atomic E-state index is -0.647. The highest BCUT2D eigenvalue weighted by atomic mass is 16.6. The zero-order valence-corrected chi connectivity index (χ0v) is 16.9. The van der Waals surface area contributed by atoms with Crippen LogP contribution in [0.15, 0.2) is 0 Å². The molecule has 0 bridgehead atoms. The van der Waals surface area contributed by atoms with E-state index < -0.39 is 11.7 Å². The van der Waals surface area contributed by atoms with Gasteiger partial charge in [-0.05, 0) is 41.0 Å². The van der Waals surface area contributed by atoms with Crippen LogP contribution in [0.2, 0.25) is 0 Å². The zero-order valence-electron chi connectivity index (χ0n) is 16.9. The molecule has 0 aliphatic carbocycles. The van der Waals surface area contributed by atoms with Crippen LogP contribution in [0.1, 0.15) is 47.5 Å². The summed E-state index contributed by atoms with van der Waals surface area (Å²) in [5.74, 6) is -0.770. The van der Waals surface area contributed by atoms with E-state index in [9.17, 15) is 19.2 Å². The summed E-state index contributed by atoms with van der Waals surface area (Å²) in [6.45, 7) is 10.1. The standard InChI is InChI=1S/C18H32N4O5/c1-12(2)22-11-13(9-15(22)24)16(25)20-8-6-7-19-14(23)10-21-17(26)27-18(3,4)5/h12-13H,6-11H2,1-5H3,(H,19,23)(H,20,25)(H,21,26). The van der Waals surface area contributed by atoms with Gasteiger partial charge in [0.15, 0.2) is 0 Å². The number of nitrogens with zero attached hydrogens (tertiary/aromatic N) is 1. The van der Waals surface area contributed by atoms with E-state index in [2.05, 4.69) is 16.0 Å². The van der Waals surface area contributed by atoms with E-state index in [1.807, 2.05) is 13.8 Å². The third kappa shape index (κ3) is 8.74. The van der Waals surface area contributed by atoms with Crippen molar-refractivity contribution in [3.05, 3.63) is 0 Å². The molecule has 1 fully saturated rings. The molecule has 0 spiro atoms. The van der Waals surface area contributed by atoms with Gasteiger partial charge in [0.1, 0.15) is 5.60 Å². The van der Waals surface area contributed by atoms with E-state index in [1.54, 1.807) is 25.7 Å². The first-order valence-corrected chi connectivity index (χ1v) is 9.30. The van der Waals surface area contributed by atoms with Crippen molar-refractivity contribution in [1.29, 1.82) is 0 Å². The Morgan fingerprint density at radius 3 is 2.33 bits per heavy atom. The maximum Gasteiger partial charge on any atom is 0.408 e. The number of alkyl carbamates (subject to hydrolysis) is 1. The Morgan fingerprint density at radius 1 is 1.15 bits per heavy atom. The van der Waals surface area contributed by atoms with Crippen LogP contribution in [-0.2, 0) is 19.1 Å². The summed E-state index contributed by atoms with van der Waals surface area (Å²) >= 11 is 0. The number of hydrogen-bond acceptors (Lipinski definition) is 5. The van der Waals surface area contributed by atoms with Crippen LogP contribution >= 0.6 is 0 Å². The maximum absolute atomic E-state index is 12.1. The lowest BCUT2D eigenvalue weighted by molar-refractivity contribution is -0.130. The van der Waals surface area contributed by atoms with Crippen LogP contribution in [0.25, 0.3) is 0 Å². The molecule has 1 aliphatic heterocycles. The third-order valence-corrected chi connectivity index (χ3v) is 3.92. The predicted octanol–water partition coefficient (Wildman–Crippen LogP) is 0.391. The third-order valence-electron chi connectivity index (χ3n) is 3.92. The molecule has 9 nitrogen and oxygen atoms in total. The van der Waals surface area contributed by atoms with Gasteiger partial charge in [-0.3, -0.25) is 14.4 Å². The number of nitrogens with one attached hydrogen (secondary N) is 3. The molecule has 1 rings (SSSR count). The number of carbonyl (C=O) groups excluding carboxylic acids is 4. The number of ether oxygens (including phenoxy) is 1. The zero-order chi connectivity index (χ0) is 20.6. The van der Waals surface area contributed by atoms with Gasteiger partial charge in [-0.1, -0.05) is 0 Å². The first-order chi connectivity index (χ1) is 12.5. The van der Waals surface area contributed by atoms with Crippen molar-refractivity contribution < 1.29 is 23.9 Å². The van der Waals surface area contributed by atoms with Crippen molar-refractivity contribution in [3.8, 4) is 0 Å². The van der Waals surface area contributed by atoms with E-state index >= 15 is 0 Å². The topological polar surface area (TPSA) is 117 Å². The highest BCUT2D eigenvalue weighted by Gasteiger charge is 2.35. The van der Waals surface area contributed by atoms with Gasteiger partial charge in [-0.2, -0.15) is 0 Å². The molecule has 1 unspecified atom stereocenters. The van der Waals surface area contributed by atoms with E-state index in [0.29, 0.717) is 26.1 Å². The summed E-state index contributed by atoms with van der Waals surface area (Å²) in [6, 6.07) is 0.0970. The Bertz CT molecular complexity index is 556. The second-order valence-corrected chi connectivity index (χ2v) is 7.89. The average Bonchev–Trinajstić information content (AvgIpc) is 2.93. The van der Waals surface area contributed by atoms with E-state index in [0.717, 1.165) is 0 Å². The first-order valence-electron chi connectivity index (χ1n) is 9.30. The fourth-order valence-electron chi connectivity index (χ4n) is 2.61. The van der Waals surface area contributed by atoms with Crippen LogP contribution in [-0.4, -0.2) is 66.5 Å². The molecule has 154 valence electrons. The predicted molar refractivity (Wildman–Crippen MR) is 99.8 cm³/mol. The minimum absolute atomic E-state index is 0.00917. The van der Waals surface area contributed by atoms with Crippen LogP contribution in [0, 0.1) is 5.92 Å². The lowest BCUT2D eigenvalue weighted by Gasteiger charge is -2.20. The van der Waals surface area contributed by atoms with Gasteiger partial charge >= 0.3 is 6.09 Å². The molecule has 9 heteroatoms. The lowest BCUT2D eigenvalue weighted by atomic mass is 10.1. The Labute approximate surface area is 160 Å². The molecule has 0 aromatic heterocycles. The monoisotopic (exact) mass is 384 g/mol.